The van der Waals surface area contributed by atoms with Crippen molar-refractivity contribution in [3.63, 3.8) is 0 Å². The van der Waals surface area contributed by atoms with Crippen LogP contribution in [0.3, 0.4) is 0 Å². The first-order valence-electron chi connectivity index (χ1n) is 3.84. The number of likely N-dealkylation sites (N-methyl/N-ethyl adjacent to an activating group) is 1. The molecule has 0 aromatic carbocycles. The Bertz CT molecular complexity index is 159. The highest BCUT2D eigenvalue weighted by Crippen LogP contribution is 1.99. The minimum Gasteiger partial charge on any atom is -0.337 e. The van der Waals surface area contributed by atoms with E-state index in [0.29, 0.717) is 0 Å². The number of carbonyl (C=O) groups excluding carboxylic acids is 1. The molecule has 0 aromatic heterocycles. The molecule has 0 bridgehead atoms. The first-order chi connectivity index (χ1) is 5.24. The molecule has 1 aliphatic heterocycles. The lowest BCUT2D eigenvalue weighted by Crippen LogP contribution is -2.46. The summed E-state index contributed by atoms with van der Waals surface area (Å²) in [5, 5.41) is 0. The van der Waals surface area contributed by atoms with Gasteiger partial charge in [0.25, 0.3) is 0 Å². The average Bonchev–Trinajstić information content (AvgIpc) is 2.05. The number of piperazine rings is 1. The van der Waals surface area contributed by atoms with E-state index in [0.717, 1.165) is 26.2 Å². The lowest BCUT2D eigenvalue weighted by molar-refractivity contribution is -0.127. The molecule has 0 radical (unpaired) electrons. The van der Waals surface area contributed by atoms with Crippen molar-refractivity contribution in [3.05, 3.63) is 12.7 Å². The van der Waals surface area contributed by atoms with Gasteiger partial charge in [0.2, 0.25) is 5.91 Å². The van der Waals surface area contributed by atoms with Crippen molar-refractivity contribution >= 4 is 5.91 Å². The fourth-order valence-electron chi connectivity index (χ4n) is 1.16. The Morgan fingerprint density at radius 2 is 1.91 bits per heavy atom. The van der Waals surface area contributed by atoms with E-state index in [2.05, 4.69) is 18.5 Å². The van der Waals surface area contributed by atoms with E-state index < -0.39 is 0 Å². The van der Waals surface area contributed by atoms with Crippen LogP contribution in [-0.4, -0.2) is 48.9 Å². The maximum Gasteiger partial charge on any atom is 0.246 e. The van der Waals surface area contributed by atoms with Crippen LogP contribution >= 0.6 is 0 Å². The maximum absolute atomic E-state index is 11.1. The van der Waals surface area contributed by atoms with Crippen LogP contribution in [0.2, 0.25) is 0 Å². The molecule has 1 heterocycles. The van der Waals surface area contributed by atoms with Gasteiger partial charge in [0.1, 0.15) is 0 Å². The summed E-state index contributed by atoms with van der Waals surface area (Å²) in [4.78, 5) is 15.1. The summed E-state index contributed by atoms with van der Waals surface area (Å²) in [5.41, 5.74) is 0. The molecule has 62 valence electrons. The summed E-state index contributed by atoms with van der Waals surface area (Å²) >= 11 is 0. The minimum atomic E-state index is 0.0538. The molecule has 3 heteroatoms. The summed E-state index contributed by atoms with van der Waals surface area (Å²) in [6.07, 6.45) is 1.38. The van der Waals surface area contributed by atoms with Gasteiger partial charge in [0.15, 0.2) is 0 Å². The van der Waals surface area contributed by atoms with E-state index in [4.69, 9.17) is 0 Å². The Hall–Kier alpha value is -0.830. The zero-order chi connectivity index (χ0) is 8.27. The molecule has 0 spiro atoms. The van der Waals surface area contributed by atoms with Crippen molar-refractivity contribution in [1.29, 1.82) is 0 Å². The molecule has 0 atom stereocenters. The number of hydrogen-bond acceptors (Lipinski definition) is 2. The van der Waals surface area contributed by atoms with Crippen LogP contribution in [0.1, 0.15) is 0 Å². The van der Waals surface area contributed by atoms with Crippen LogP contribution in [0, 0.1) is 0 Å². The minimum absolute atomic E-state index is 0.0538. The van der Waals surface area contributed by atoms with Crippen LogP contribution in [0.4, 0.5) is 0 Å². The quantitative estimate of drug-likeness (QED) is 0.494. The van der Waals surface area contributed by atoms with E-state index in [9.17, 15) is 4.79 Å². The molecule has 1 rings (SSSR count). The van der Waals surface area contributed by atoms with E-state index in [1.807, 2.05) is 4.90 Å². The Labute approximate surface area is 67.3 Å². The number of rotatable bonds is 1. The lowest BCUT2D eigenvalue weighted by atomic mass is 10.3. The summed E-state index contributed by atoms with van der Waals surface area (Å²) in [6, 6.07) is 0. The molecule has 0 N–H and O–H groups in total. The topological polar surface area (TPSA) is 23.6 Å². The zero-order valence-electron chi connectivity index (χ0n) is 6.92. The van der Waals surface area contributed by atoms with Crippen LogP contribution in [0.25, 0.3) is 0 Å². The van der Waals surface area contributed by atoms with Crippen molar-refractivity contribution in [1.82, 2.24) is 9.80 Å². The van der Waals surface area contributed by atoms with Gasteiger partial charge in [-0.2, -0.15) is 0 Å². The molecule has 0 aliphatic carbocycles. The number of carbonyl (C=O) groups is 1. The monoisotopic (exact) mass is 154 g/mol. The Morgan fingerprint density at radius 1 is 1.36 bits per heavy atom. The molecule has 3 nitrogen and oxygen atoms in total. The summed E-state index contributed by atoms with van der Waals surface area (Å²) < 4.78 is 0. The second-order valence-electron chi connectivity index (χ2n) is 2.83. The third-order valence-electron chi connectivity index (χ3n) is 1.99. The van der Waals surface area contributed by atoms with E-state index in [1.165, 1.54) is 6.08 Å². The van der Waals surface area contributed by atoms with E-state index >= 15 is 0 Å². The van der Waals surface area contributed by atoms with Crippen LogP contribution < -0.4 is 0 Å². The van der Waals surface area contributed by atoms with Gasteiger partial charge in [0.05, 0.1) is 0 Å². The van der Waals surface area contributed by atoms with Crippen molar-refractivity contribution in [3.8, 4) is 0 Å². The molecule has 1 amide bonds. The average molecular weight is 154 g/mol. The van der Waals surface area contributed by atoms with Gasteiger partial charge in [0, 0.05) is 26.2 Å². The van der Waals surface area contributed by atoms with Crippen molar-refractivity contribution in [2.24, 2.45) is 0 Å². The van der Waals surface area contributed by atoms with Gasteiger partial charge in [-0.05, 0) is 13.1 Å². The zero-order valence-corrected chi connectivity index (χ0v) is 6.92. The first-order valence-corrected chi connectivity index (χ1v) is 3.84. The first kappa shape index (κ1) is 8.27. The van der Waals surface area contributed by atoms with Gasteiger partial charge >= 0.3 is 0 Å². The third-order valence-corrected chi connectivity index (χ3v) is 1.99. The van der Waals surface area contributed by atoms with Crippen LogP contribution in [-0.2, 0) is 4.79 Å². The van der Waals surface area contributed by atoms with Gasteiger partial charge in [-0.3, -0.25) is 4.79 Å². The normalized spacial score (nSPS) is 19.9. The Balaban J connectivity index is 2.38. The maximum atomic E-state index is 11.1. The number of amides is 1. The molecular formula is C8H14N2O. The molecule has 1 saturated heterocycles. The van der Waals surface area contributed by atoms with Gasteiger partial charge in [-0.15, -0.1) is 0 Å². The summed E-state index contributed by atoms with van der Waals surface area (Å²) in [6.45, 7) is 7.06. The van der Waals surface area contributed by atoms with Gasteiger partial charge in [-0.25, -0.2) is 0 Å². The molecule has 0 unspecified atom stereocenters. The predicted molar refractivity (Wildman–Crippen MR) is 44.3 cm³/mol. The molecule has 0 saturated carbocycles. The standard InChI is InChI=1S/C8H14N2O/c1-3-8(11)10-6-4-9(2)5-7-10/h3H,1,4-7H2,2H3. The number of nitrogens with zero attached hydrogens (tertiary/aromatic N) is 2. The molecule has 11 heavy (non-hydrogen) atoms. The van der Waals surface area contributed by atoms with Gasteiger partial charge < -0.3 is 9.80 Å². The van der Waals surface area contributed by atoms with Crippen LogP contribution in [0.5, 0.6) is 0 Å². The fourth-order valence-corrected chi connectivity index (χ4v) is 1.16. The third kappa shape index (κ3) is 2.05. The van der Waals surface area contributed by atoms with Gasteiger partial charge in [-0.1, -0.05) is 6.58 Å². The fraction of sp³-hybridized carbons (Fsp3) is 0.625. The Kier molecular flexibility index (Phi) is 2.65. The van der Waals surface area contributed by atoms with Crippen LogP contribution in [0.15, 0.2) is 12.7 Å². The summed E-state index contributed by atoms with van der Waals surface area (Å²) in [7, 11) is 2.07. The van der Waals surface area contributed by atoms with Crippen molar-refractivity contribution in [2.75, 3.05) is 33.2 Å². The van der Waals surface area contributed by atoms with Crippen molar-refractivity contribution < 1.29 is 4.79 Å². The largest absolute Gasteiger partial charge is 0.337 e. The highest BCUT2D eigenvalue weighted by Gasteiger charge is 2.15. The van der Waals surface area contributed by atoms with Crippen molar-refractivity contribution in [2.45, 2.75) is 0 Å². The lowest BCUT2D eigenvalue weighted by Gasteiger charge is -2.31. The highest BCUT2D eigenvalue weighted by atomic mass is 16.2. The highest BCUT2D eigenvalue weighted by molar-refractivity contribution is 5.87. The Morgan fingerprint density at radius 3 is 2.36 bits per heavy atom. The molecule has 1 aliphatic rings. The smallest absolute Gasteiger partial charge is 0.246 e. The summed E-state index contributed by atoms with van der Waals surface area (Å²) in [5.74, 6) is 0.0538. The molecular weight excluding hydrogens is 140 g/mol. The van der Waals surface area contributed by atoms with E-state index in [1.54, 1.807) is 0 Å². The number of hydrogen-bond donors (Lipinski definition) is 0. The molecule has 0 aromatic rings. The molecule has 1 fully saturated rings. The second kappa shape index (κ2) is 3.53. The second-order valence-corrected chi connectivity index (χ2v) is 2.83. The predicted octanol–water partition coefficient (Wildman–Crippen LogP) is -0.0536. The van der Waals surface area contributed by atoms with E-state index in [-0.39, 0.29) is 5.91 Å². The SMILES string of the molecule is C=CC(=O)N1CCN(C)CC1.